The molecule has 0 saturated carbocycles. The molecule has 1 heterocycles. The van der Waals surface area contributed by atoms with Crippen LogP contribution >= 0.6 is 0 Å². The van der Waals surface area contributed by atoms with E-state index in [0.29, 0.717) is 6.54 Å². The van der Waals surface area contributed by atoms with Crippen LogP contribution in [0.3, 0.4) is 0 Å². The van der Waals surface area contributed by atoms with Crippen LogP contribution in [0.1, 0.15) is 21.9 Å². The topological polar surface area (TPSA) is 51.5 Å². The molecule has 0 atom stereocenters. The van der Waals surface area contributed by atoms with Gasteiger partial charge in [-0.25, -0.2) is 4.79 Å². The van der Waals surface area contributed by atoms with E-state index in [1.807, 2.05) is 18.2 Å². The second-order valence-corrected chi connectivity index (χ2v) is 4.17. The maximum Gasteiger partial charge on any atom is 0.373 e. The fraction of sp³-hybridized carbons (Fsp3) is 0.267. The molecule has 0 bridgehead atoms. The minimum absolute atomic E-state index is 0.238. The summed E-state index contributed by atoms with van der Waals surface area (Å²) in [6, 6.07) is 13.7. The summed E-state index contributed by atoms with van der Waals surface area (Å²) < 4.78 is 9.93. The summed E-state index contributed by atoms with van der Waals surface area (Å²) in [6.45, 7) is 1.46. The molecule has 4 nitrogen and oxygen atoms in total. The number of carbonyl (C=O) groups excluding carboxylic acids is 1. The van der Waals surface area contributed by atoms with E-state index in [1.165, 1.54) is 12.7 Å². The van der Waals surface area contributed by atoms with Crippen molar-refractivity contribution in [3.05, 3.63) is 59.5 Å². The lowest BCUT2D eigenvalue weighted by molar-refractivity contribution is 0.0563. The Morgan fingerprint density at radius 1 is 1.21 bits per heavy atom. The number of benzene rings is 1. The number of rotatable bonds is 6. The van der Waals surface area contributed by atoms with Gasteiger partial charge in [0.1, 0.15) is 5.76 Å². The van der Waals surface area contributed by atoms with E-state index in [1.54, 1.807) is 12.1 Å². The molecule has 0 aliphatic carbocycles. The Morgan fingerprint density at radius 3 is 2.74 bits per heavy atom. The SMILES string of the molecule is COC(=O)c1ccc(CNCCc2ccccc2)o1. The first kappa shape index (κ1) is 13.4. The molecule has 1 aromatic carbocycles. The molecular formula is C15H17NO3. The molecule has 0 aliphatic rings. The number of nitrogens with one attached hydrogen (secondary N) is 1. The van der Waals surface area contributed by atoms with Crippen molar-refractivity contribution in [1.82, 2.24) is 5.32 Å². The number of ether oxygens (including phenoxy) is 1. The fourth-order valence-electron chi connectivity index (χ4n) is 1.77. The highest BCUT2D eigenvalue weighted by Crippen LogP contribution is 2.08. The minimum Gasteiger partial charge on any atom is -0.463 e. The molecule has 0 unspecified atom stereocenters. The Labute approximate surface area is 112 Å². The first-order chi connectivity index (χ1) is 9.29. The normalized spacial score (nSPS) is 10.4. The first-order valence-electron chi connectivity index (χ1n) is 6.21. The van der Waals surface area contributed by atoms with E-state index in [4.69, 9.17) is 4.42 Å². The molecule has 0 amide bonds. The van der Waals surface area contributed by atoms with Gasteiger partial charge < -0.3 is 14.5 Å². The summed E-state index contributed by atoms with van der Waals surface area (Å²) in [4.78, 5) is 11.2. The third-order valence-electron chi connectivity index (χ3n) is 2.78. The van der Waals surface area contributed by atoms with Crippen LogP contribution in [0.25, 0.3) is 0 Å². The fourth-order valence-corrected chi connectivity index (χ4v) is 1.77. The summed E-state index contributed by atoms with van der Waals surface area (Å²) in [6.07, 6.45) is 0.964. The standard InChI is InChI=1S/C15H17NO3/c1-18-15(17)14-8-7-13(19-14)11-16-10-9-12-5-3-2-4-6-12/h2-8,16H,9-11H2,1H3. The van der Waals surface area contributed by atoms with Gasteiger partial charge in [0.15, 0.2) is 0 Å². The monoisotopic (exact) mass is 259 g/mol. The number of methoxy groups -OCH3 is 1. The molecule has 19 heavy (non-hydrogen) atoms. The van der Waals surface area contributed by atoms with Gasteiger partial charge in [-0.2, -0.15) is 0 Å². The van der Waals surface area contributed by atoms with E-state index in [0.717, 1.165) is 18.7 Å². The van der Waals surface area contributed by atoms with E-state index < -0.39 is 5.97 Å². The van der Waals surface area contributed by atoms with Gasteiger partial charge in [-0.15, -0.1) is 0 Å². The average molecular weight is 259 g/mol. The Bertz CT molecular complexity index is 519. The van der Waals surface area contributed by atoms with Crippen molar-refractivity contribution in [2.45, 2.75) is 13.0 Å². The van der Waals surface area contributed by atoms with Gasteiger partial charge in [0, 0.05) is 0 Å². The molecule has 1 N–H and O–H groups in total. The molecule has 0 radical (unpaired) electrons. The first-order valence-corrected chi connectivity index (χ1v) is 6.21. The van der Waals surface area contributed by atoms with Crippen molar-refractivity contribution in [3.8, 4) is 0 Å². The number of esters is 1. The third-order valence-corrected chi connectivity index (χ3v) is 2.78. The zero-order chi connectivity index (χ0) is 13.5. The van der Waals surface area contributed by atoms with Crippen LogP contribution in [0, 0.1) is 0 Å². The van der Waals surface area contributed by atoms with Crippen LogP contribution in [0.4, 0.5) is 0 Å². The molecule has 0 fully saturated rings. The lowest BCUT2D eigenvalue weighted by Gasteiger charge is -2.03. The summed E-state index contributed by atoms with van der Waals surface area (Å²) in [5.41, 5.74) is 1.30. The highest BCUT2D eigenvalue weighted by atomic mass is 16.5. The maximum atomic E-state index is 11.2. The van der Waals surface area contributed by atoms with Gasteiger partial charge in [-0.1, -0.05) is 30.3 Å². The van der Waals surface area contributed by atoms with Gasteiger partial charge in [-0.3, -0.25) is 0 Å². The van der Waals surface area contributed by atoms with Gasteiger partial charge in [0.05, 0.1) is 13.7 Å². The summed E-state index contributed by atoms with van der Waals surface area (Å²) >= 11 is 0. The second kappa shape index (κ2) is 6.75. The number of hydrogen-bond donors (Lipinski definition) is 1. The van der Waals surface area contributed by atoms with Crippen molar-refractivity contribution >= 4 is 5.97 Å². The quantitative estimate of drug-likeness (QED) is 0.639. The molecule has 100 valence electrons. The minimum atomic E-state index is -0.449. The summed E-state index contributed by atoms with van der Waals surface area (Å²) in [5, 5.41) is 3.27. The van der Waals surface area contributed by atoms with Crippen molar-refractivity contribution in [2.75, 3.05) is 13.7 Å². The molecule has 4 heteroatoms. The Morgan fingerprint density at radius 2 is 2.00 bits per heavy atom. The second-order valence-electron chi connectivity index (χ2n) is 4.17. The van der Waals surface area contributed by atoms with Crippen LogP contribution < -0.4 is 5.32 Å². The van der Waals surface area contributed by atoms with Gasteiger partial charge >= 0.3 is 5.97 Å². The van der Waals surface area contributed by atoms with Crippen LogP contribution in [-0.4, -0.2) is 19.6 Å². The predicted octanol–water partition coefficient (Wildman–Crippen LogP) is 2.40. The smallest absolute Gasteiger partial charge is 0.373 e. The highest BCUT2D eigenvalue weighted by Gasteiger charge is 2.10. The largest absolute Gasteiger partial charge is 0.463 e. The predicted molar refractivity (Wildman–Crippen MR) is 71.9 cm³/mol. The summed E-state index contributed by atoms with van der Waals surface area (Å²) in [7, 11) is 1.34. The molecule has 2 aromatic rings. The lowest BCUT2D eigenvalue weighted by Crippen LogP contribution is -2.16. The van der Waals surface area contributed by atoms with E-state index in [-0.39, 0.29) is 5.76 Å². The number of carbonyl (C=O) groups is 1. The molecule has 2 rings (SSSR count). The summed E-state index contributed by atoms with van der Waals surface area (Å²) in [5.74, 6) is 0.520. The molecule has 0 spiro atoms. The Balaban J connectivity index is 1.74. The maximum absolute atomic E-state index is 11.2. The van der Waals surface area contributed by atoms with E-state index in [2.05, 4.69) is 22.2 Å². The van der Waals surface area contributed by atoms with Gasteiger partial charge in [-0.05, 0) is 30.7 Å². The van der Waals surface area contributed by atoms with Crippen molar-refractivity contribution in [3.63, 3.8) is 0 Å². The zero-order valence-corrected chi connectivity index (χ0v) is 10.9. The third kappa shape index (κ3) is 3.96. The molecule has 1 aromatic heterocycles. The lowest BCUT2D eigenvalue weighted by atomic mass is 10.1. The Hall–Kier alpha value is -2.07. The van der Waals surface area contributed by atoms with Crippen LogP contribution in [0.15, 0.2) is 46.9 Å². The molecule has 0 aliphatic heterocycles. The van der Waals surface area contributed by atoms with Crippen molar-refractivity contribution < 1.29 is 13.9 Å². The van der Waals surface area contributed by atoms with Crippen LogP contribution in [0.2, 0.25) is 0 Å². The van der Waals surface area contributed by atoms with Crippen molar-refractivity contribution in [2.24, 2.45) is 0 Å². The average Bonchev–Trinajstić information content (AvgIpc) is 2.93. The van der Waals surface area contributed by atoms with E-state index in [9.17, 15) is 4.79 Å². The highest BCUT2D eigenvalue weighted by molar-refractivity contribution is 5.86. The number of furan rings is 1. The Kier molecular flexibility index (Phi) is 4.75. The molecular weight excluding hydrogens is 242 g/mol. The zero-order valence-electron chi connectivity index (χ0n) is 10.9. The van der Waals surface area contributed by atoms with Crippen molar-refractivity contribution in [1.29, 1.82) is 0 Å². The van der Waals surface area contributed by atoms with Crippen LogP contribution in [0.5, 0.6) is 0 Å². The molecule has 0 saturated heterocycles. The van der Waals surface area contributed by atoms with E-state index >= 15 is 0 Å². The van der Waals surface area contributed by atoms with Crippen LogP contribution in [-0.2, 0) is 17.7 Å². The van der Waals surface area contributed by atoms with Gasteiger partial charge in [0.25, 0.3) is 0 Å². The van der Waals surface area contributed by atoms with Gasteiger partial charge in [0.2, 0.25) is 5.76 Å². The number of hydrogen-bond acceptors (Lipinski definition) is 4.